The highest BCUT2D eigenvalue weighted by Crippen LogP contribution is 2.54. The van der Waals surface area contributed by atoms with E-state index in [1.807, 2.05) is 18.3 Å². The van der Waals surface area contributed by atoms with E-state index < -0.39 is 0 Å². The Morgan fingerprint density at radius 3 is 1.78 bits per heavy atom. The van der Waals surface area contributed by atoms with Crippen LogP contribution in [0.3, 0.4) is 0 Å². The van der Waals surface area contributed by atoms with Crippen molar-refractivity contribution in [1.29, 1.82) is 0 Å². The fourth-order valence-corrected chi connectivity index (χ4v) is 9.36. The van der Waals surface area contributed by atoms with Crippen molar-refractivity contribution in [3.05, 3.63) is 212 Å². The van der Waals surface area contributed by atoms with Crippen molar-refractivity contribution >= 4 is 21.5 Å². The minimum Gasteiger partial charge on any atom is -0.264 e. The van der Waals surface area contributed by atoms with Crippen LogP contribution in [0.25, 0.3) is 100.0 Å². The largest absolute Gasteiger partial charge is 0.264 e. The molecule has 3 heteroatoms. The predicted molar refractivity (Wildman–Crippen MR) is 245 cm³/mol. The molecule has 0 saturated carbocycles. The van der Waals surface area contributed by atoms with Gasteiger partial charge in [-0.1, -0.05) is 172 Å². The first kappa shape index (κ1) is 34.7. The highest BCUT2D eigenvalue weighted by Gasteiger charge is 2.38. The lowest BCUT2D eigenvalue weighted by Gasteiger charge is -2.23. The van der Waals surface area contributed by atoms with Crippen LogP contribution in [0, 0.1) is 0 Å². The molecular formula is C56H39N3. The van der Waals surface area contributed by atoms with Crippen LogP contribution in [0.1, 0.15) is 25.0 Å². The number of pyridine rings is 1. The van der Waals surface area contributed by atoms with Crippen molar-refractivity contribution < 1.29 is 0 Å². The average Bonchev–Trinajstić information content (AvgIpc) is 3.55. The van der Waals surface area contributed by atoms with E-state index in [2.05, 4.69) is 195 Å². The molecule has 1 aliphatic rings. The Morgan fingerprint density at radius 1 is 0.390 bits per heavy atom. The Labute approximate surface area is 344 Å². The maximum Gasteiger partial charge on any atom is 0.161 e. The molecule has 278 valence electrons. The van der Waals surface area contributed by atoms with E-state index in [0.717, 1.165) is 50.0 Å². The van der Waals surface area contributed by atoms with Crippen LogP contribution in [0.15, 0.2) is 200 Å². The maximum atomic E-state index is 5.30. The zero-order chi connectivity index (χ0) is 39.5. The van der Waals surface area contributed by atoms with Gasteiger partial charge in [-0.2, -0.15) is 0 Å². The van der Waals surface area contributed by atoms with E-state index in [1.165, 1.54) is 55.3 Å². The number of aromatic nitrogens is 3. The van der Waals surface area contributed by atoms with E-state index in [1.54, 1.807) is 6.20 Å². The van der Waals surface area contributed by atoms with Crippen molar-refractivity contribution in [2.24, 2.45) is 0 Å². The van der Waals surface area contributed by atoms with Gasteiger partial charge in [-0.3, -0.25) is 4.98 Å². The van der Waals surface area contributed by atoms with Gasteiger partial charge in [0.25, 0.3) is 0 Å². The van der Waals surface area contributed by atoms with Gasteiger partial charge in [0.1, 0.15) is 0 Å². The summed E-state index contributed by atoms with van der Waals surface area (Å²) < 4.78 is 0. The fraction of sp³-hybridized carbons (Fsp3) is 0.0536. The number of hydrogen-bond acceptors (Lipinski definition) is 3. The second kappa shape index (κ2) is 13.9. The van der Waals surface area contributed by atoms with E-state index in [9.17, 15) is 0 Å². The van der Waals surface area contributed by atoms with Crippen molar-refractivity contribution in [2.45, 2.75) is 19.3 Å². The first-order chi connectivity index (χ1) is 29.0. The molecular weight excluding hydrogens is 715 g/mol. The summed E-state index contributed by atoms with van der Waals surface area (Å²) in [5.74, 6) is 0.693. The molecule has 0 amide bonds. The summed E-state index contributed by atoms with van der Waals surface area (Å²) >= 11 is 0. The second-order valence-corrected chi connectivity index (χ2v) is 16.0. The third-order valence-electron chi connectivity index (χ3n) is 12.2. The summed E-state index contributed by atoms with van der Waals surface area (Å²) in [4.78, 5) is 14.9. The number of rotatable bonds is 6. The number of nitrogens with zero attached hydrogens (tertiary/aromatic N) is 3. The molecule has 3 nitrogen and oxygen atoms in total. The Hall–Kier alpha value is -7.49. The van der Waals surface area contributed by atoms with Gasteiger partial charge in [-0.15, -0.1) is 0 Å². The van der Waals surface area contributed by atoms with Gasteiger partial charge < -0.3 is 0 Å². The second-order valence-electron chi connectivity index (χ2n) is 16.0. The van der Waals surface area contributed by atoms with Gasteiger partial charge >= 0.3 is 0 Å². The van der Waals surface area contributed by atoms with Gasteiger partial charge in [-0.25, -0.2) is 9.97 Å². The van der Waals surface area contributed by atoms with Gasteiger partial charge in [0.05, 0.1) is 11.4 Å². The Morgan fingerprint density at radius 2 is 0.983 bits per heavy atom. The predicted octanol–water partition coefficient (Wildman–Crippen LogP) is 14.5. The summed E-state index contributed by atoms with van der Waals surface area (Å²) in [6, 6.07) is 67.5. The summed E-state index contributed by atoms with van der Waals surface area (Å²) in [6.45, 7) is 4.75. The summed E-state index contributed by atoms with van der Waals surface area (Å²) in [7, 11) is 0. The number of hydrogen-bond donors (Lipinski definition) is 0. The van der Waals surface area contributed by atoms with Gasteiger partial charge in [0.15, 0.2) is 5.82 Å². The minimum atomic E-state index is -0.118. The normalized spacial score (nSPS) is 12.7. The zero-order valence-electron chi connectivity index (χ0n) is 32.9. The van der Waals surface area contributed by atoms with Crippen LogP contribution in [-0.2, 0) is 5.41 Å². The van der Waals surface area contributed by atoms with Crippen LogP contribution < -0.4 is 0 Å². The van der Waals surface area contributed by atoms with Crippen LogP contribution in [0.5, 0.6) is 0 Å². The molecule has 0 unspecified atom stereocenters. The number of fused-ring (bicyclic) bond motifs is 6. The molecule has 1 aliphatic carbocycles. The molecule has 0 saturated heterocycles. The lowest BCUT2D eigenvalue weighted by molar-refractivity contribution is 0.666. The lowest BCUT2D eigenvalue weighted by Crippen LogP contribution is -2.15. The summed E-state index contributed by atoms with van der Waals surface area (Å²) in [6.07, 6.45) is 3.70. The average molecular weight is 754 g/mol. The summed E-state index contributed by atoms with van der Waals surface area (Å²) in [5, 5.41) is 4.89. The van der Waals surface area contributed by atoms with E-state index >= 15 is 0 Å². The molecule has 0 N–H and O–H groups in total. The highest BCUT2D eigenvalue weighted by molar-refractivity contribution is 6.06. The Kier molecular flexibility index (Phi) is 8.16. The van der Waals surface area contributed by atoms with Crippen molar-refractivity contribution in [3.63, 3.8) is 0 Å². The third-order valence-corrected chi connectivity index (χ3v) is 12.2. The first-order valence-corrected chi connectivity index (χ1v) is 20.3. The summed E-state index contributed by atoms with van der Waals surface area (Å²) in [5.41, 5.74) is 17.1. The molecule has 0 radical (unpaired) electrons. The molecule has 0 fully saturated rings. The van der Waals surface area contributed by atoms with E-state index in [4.69, 9.17) is 9.97 Å². The standard InChI is InChI=1S/C56H39N3/c1-56(2)50-26-12-25-44(53(50)49-28-27-36-14-6-7-22-45(36)54(49)56)40-19-11-18-39(33-40)43-29-30-48(47-24-9-8-23-46(43)47)55-58-51(37-15-4-3-5-16-37)34-52(59-55)41-20-10-17-38(32-41)42-21-13-31-57-35-42/h3-35H,1-2H3. The molecule has 0 bridgehead atoms. The monoisotopic (exact) mass is 753 g/mol. The topological polar surface area (TPSA) is 38.7 Å². The molecule has 2 aromatic heterocycles. The van der Waals surface area contributed by atoms with Crippen molar-refractivity contribution in [3.8, 4) is 78.4 Å². The molecule has 0 spiro atoms. The van der Waals surface area contributed by atoms with Gasteiger partial charge in [0.2, 0.25) is 0 Å². The molecule has 2 heterocycles. The molecule has 10 aromatic rings. The number of benzene rings is 8. The van der Waals surface area contributed by atoms with Crippen molar-refractivity contribution in [2.75, 3.05) is 0 Å². The smallest absolute Gasteiger partial charge is 0.161 e. The Balaban J connectivity index is 1.04. The quantitative estimate of drug-likeness (QED) is 0.170. The van der Waals surface area contributed by atoms with E-state index in [0.29, 0.717) is 5.82 Å². The van der Waals surface area contributed by atoms with Crippen molar-refractivity contribution in [1.82, 2.24) is 15.0 Å². The third kappa shape index (κ3) is 5.85. The highest BCUT2D eigenvalue weighted by atomic mass is 14.9. The Bertz CT molecular complexity index is 3240. The molecule has 0 aliphatic heterocycles. The fourth-order valence-electron chi connectivity index (χ4n) is 9.36. The van der Waals surface area contributed by atoms with Gasteiger partial charge in [-0.05, 0) is 102 Å². The molecule has 8 aromatic carbocycles. The van der Waals surface area contributed by atoms with Crippen LogP contribution in [0.2, 0.25) is 0 Å². The zero-order valence-corrected chi connectivity index (χ0v) is 32.9. The van der Waals surface area contributed by atoms with Crippen LogP contribution >= 0.6 is 0 Å². The molecule has 11 rings (SSSR count). The lowest BCUT2D eigenvalue weighted by atomic mass is 9.80. The first-order valence-electron chi connectivity index (χ1n) is 20.3. The molecule has 0 atom stereocenters. The van der Waals surface area contributed by atoms with Crippen LogP contribution in [-0.4, -0.2) is 15.0 Å². The van der Waals surface area contributed by atoms with Crippen LogP contribution in [0.4, 0.5) is 0 Å². The van der Waals surface area contributed by atoms with E-state index in [-0.39, 0.29) is 5.41 Å². The van der Waals surface area contributed by atoms with Gasteiger partial charge in [0, 0.05) is 40.1 Å². The SMILES string of the molecule is CC1(C)c2cccc(-c3cccc(-c4ccc(-c5nc(-c6ccccc6)cc(-c6cccc(-c7cccnc7)c6)n5)c5ccccc45)c3)c2-c2ccc3ccccc3c21. The molecule has 59 heavy (non-hydrogen) atoms. The minimum absolute atomic E-state index is 0.118. The maximum absolute atomic E-state index is 5.30.